The van der Waals surface area contributed by atoms with Crippen LogP contribution >= 0.6 is 11.6 Å². The summed E-state index contributed by atoms with van der Waals surface area (Å²) in [7, 11) is 3.63. The maximum atomic E-state index is 13.6. The SMILES string of the molecule is CN(Cc1cc(Cl)cn1C)CC(O)c1c(F)cccc1F. The van der Waals surface area contributed by atoms with Crippen LogP contribution in [0.2, 0.25) is 5.02 Å². The van der Waals surface area contributed by atoms with Crippen molar-refractivity contribution < 1.29 is 13.9 Å². The first-order chi connectivity index (χ1) is 9.88. The minimum atomic E-state index is -1.23. The predicted molar refractivity (Wildman–Crippen MR) is 78.1 cm³/mol. The number of benzene rings is 1. The number of aryl methyl sites for hydroxylation is 1. The van der Waals surface area contributed by atoms with Gasteiger partial charge in [0.25, 0.3) is 0 Å². The van der Waals surface area contributed by atoms with Crippen molar-refractivity contribution in [1.82, 2.24) is 9.47 Å². The van der Waals surface area contributed by atoms with Gasteiger partial charge in [-0.05, 0) is 25.2 Å². The molecule has 0 bridgehead atoms. The minimum absolute atomic E-state index is 0.112. The van der Waals surface area contributed by atoms with Gasteiger partial charge < -0.3 is 9.67 Å². The van der Waals surface area contributed by atoms with Crippen molar-refractivity contribution in [2.45, 2.75) is 12.6 Å². The Morgan fingerprint density at radius 2 is 1.95 bits per heavy atom. The van der Waals surface area contributed by atoms with Crippen LogP contribution in [0.3, 0.4) is 0 Å². The zero-order chi connectivity index (χ0) is 15.6. The summed E-state index contributed by atoms with van der Waals surface area (Å²) in [6.45, 7) is 0.622. The second-order valence-corrected chi connectivity index (χ2v) is 5.54. The number of aliphatic hydroxyl groups excluding tert-OH is 1. The van der Waals surface area contributed by atoms with Crippen molar-refractivity contribution in [3.8, 4) is 0 Å². The molecule has 0 spiro atoms. The fourth-order valence-electron chi connectivity index (χ4n) is 2.28. The van der Waals surface area contributed by atoms with Gasteiger partial charge in [-0.3, -0.25) is 4.90 Å². The summed E-state index contributed by atoms with van der Waals surface area (Å²) in [5.74, 6) is -1.48. The summed E-state index contributed by atoms with van der Waals surface area (Å²) < 4.78 is 29.1. The molecule has 1 atom stereocenters. The summed E-state index contributed by atoms with van der Waals surface area (Å²) in [5.41, 5.74) is 0.651. The summed E-state index contributed by atoms with van der Waals surface area (Å²) >= 11 is 5.90. The van der Waals surface area contributed by atoms with Crippen molar-refractivity contribution >= 4 is 11.6 Å². The standard InChI is InChI=1S/C15H17ClF2N2O/c1-19(8-11-6-10(16)7-20(11)2)9-14(21)15-12(17)4-3-5-13(15)18/h3-7,14,21H,8-9H2,1-2H3. The summed E-state index contributed by atoms with van der Waals surface area (Å²) in [4.78, 5) is 1.78. The molecule has 2 aromatic rings. The van der Waals surface area contributed by atoms with Gasteiger partial charge in [-0.15, -0.1) is 0 Å². The first-order valence-electron chi connectivity index (χ1n) is 6.49. The van der Waals surface area contributed by atoms with Crippen molar-refractivity contribution in [1.29, 1.82) is 0 Å². The molecule has 1 heterocycles. The summed E-state index contributed by atoms with van der Waals surface area (Å²) in [6, 6.07) is 5.36. The Hall–Kier alpha value is -1.43. The molecule has 0 saturated heterocycles. The maximum Gasteiger partial charge on any atom is 0.131 e. The quantitative estimate of drug-likeness (QED) is 0.918. The molecular formula is C15H17ClF2N2O. The van der Waals surface area contributed by atoms with E-state index in [9.17, 15) is 13.9 Å². The Kier molecular flexibility index (Phi) is 4.98. The number of halogens is 3. The second-order valence-electron chi connectivity index (χ2n) is 5.11. The third kappa shape index (κ3) is 3.81. The molecule has 1 N–H and O–H groups in total. The van der Waals surface area contributed by atoms with E-state index in [1.807, 2.05) is 17.7 Å². The first kappa shape index (κ1) is 15.9. The molecule has 21 heavy (non-hydrogen) atoms. The lowest BCUT2D eigenvalue weighted by molar-refractivity contribution is 0.116. The van der Waals surface area contributed by atoms with Gasteiger partial charge in [0.15, 0.2) is 0 Å². The van der Waals surface area contributed by atoms with E-state index in [1.54, 1.807) is 18.1 Å². The van der Waals surface area contributed by atoms with Crippen LogP contribution in [0, 0.1) is 11.6 Å². The van der Waals surface area contributed by atoms with E-state index in [-0.39, 0.29) is 12.1 Å². The van der Waals surface area contributed by atoms with Crippen molar-refractivity contribution in [2.24, 2.45) is 7.05 Å². The molecule has 114 valence electrons. The molecule has 1 aromatic carbocycles. The molecule has 1 unspecified atom stereocenters. The molecule has 0 aliphatic heterocycles. The molecule has 6 heteroatoms. The van der Waals surface area contributed by atoms with Gasteiger partial charge in [0.1, 0.15) is 11.6 Å². The summed E-state index contributed by atoms with van der Waals surface area (Å²) in [6.07, 6.45) is 0.546. The van der Waals surface area contributed by atoms with Crippen LogP contribution in [-0.4, -0.2) is 28.2 Å². The highest BCUT2D eigenvalue weighted by molar-refractivity contribution is 6.30. The monoisotopic (exact) mass is 314 g/mol. The van der Waals surface area contributed by atoms with Gasteiger partial charge in [-0.1, -0.05) is 17.7 Å². The van der Waals surface area contributed by atoms with E-state index in [0.29, 0.717) is 11.6 Å². The Bertz CT molecular complexity index is 610. The third-order valence-electron chi connectivity index (χ3n) is 3.32. The average molecular weight is 315 g/mol. The second kappa shape index (κ2) is 6.56. The number of likely N-dealkylation sites (N-methyl/N-ethyl adjacent to an activating group) is 1. The fourth-order valence-corrected chi connectivity index (χ4v) is 2.55. The van der Waals surface area contributed by atoms with E-state index in [1.165, 1.54) is 6.07 Å². The largest absolute Gasteiger partial charge is 0.387 e. The molecule has 0 fully saturated rings. The molecule has 0 radical (unpaired) electrons. The molecular weight excluding hydrogens is 298 g/mol. The molecule has 2 rings (SSSR count). The van der Waals surface area contributed by atoms with Crippen molar-refractivity contribution in [2.75, 3.05) is 13.6 Å². The van der Waals surface area contributed by atoms with Crippen LogP contribution in [0.4, 0.5) is 8.78 Å². The van der Waals surface area contributed by atoms with Crippen molar-refractivity contribution in [3.05, 3.63) is 58.4 Å². The number of nitrogens with zero attached hydrogens (tertiary/aromatic N) is 2. The maximum absolute atomic E-state index is 13.6. The summed E-state index contributed by atoms with van der Waals surface area (Å²) in [5, 5.41) is 10.7. The van der Waals surface area contributed by atoms with Gasteiger partial charge in [-0.25, -0.2) is 8.78 Å². The lowest BCUT2D eigenvalue weighted by Gasteiger charge is -2.21. The van der Waals surface area contributed by atoms with Crippen LogP contribution < -0.4 is 0 Å². The topological polar surface area (TPSA) is 28.4 Å². The van der Waals surface area contributed by atoms with Crippen molar-refractivity contribution in [3.63, 3.8) is 0 Å². The molecule has 0 aliphatic carbocycles. The van der Waals surface area contributed by atoms with E-state index < -0.39 is 17.7 Å². The number of aliphatic hydroxyl groups is 1. The molecule has 3 nitrogen and oxygen atoms in total. The van der Waals surface area contributed by atoms with Gasteiger partial charge in [0, 0.05) is 32.0 Å². The van der Waals surface area contributed by atoms with Crippen LogP contribution in [0.25, 0.3) is 0 Å². The zero-order valence-corrected chi connectivity index (χ0v) is 12.6. The van der Waals surface area contributed by atoms with Gasteiger partial charge in [-0.2, -0.15) is 0 Å². The molecule has 0 aliphatic rings. The number of hydrogen-bond acceptors (Lipinski definition) is 2. The van der Waals surface area contributed by atoms with E-state index in [0.717, 1.165) is 17.8 Å². The third-order valence-corrected chi connectivity index (χ3v) is 3.53. The number of aromatic nitrogens is 1. The highest BCUT2D eigenvalue weighted by atomic mass is 35.5. The van der Waals surface area contributed by atoms with E-state index in [2.05, 4.69) is 0 Å². The molecule has 0 amide bonds. The van der Waals surface area contributed by atoms with Gasteiger partial charge >= 0.3 is 0 Å². The van der Waals surface area contributed by atoms with Gasteiger partial charge in [0.05, 0.1) is 16.7 Å². The average Bonchev–Trinajstić information content (AvgIpc) is 2.67. The lowest BCUT2D eigenvalue weighted by Crippen LogP contribution is -2.26. The Morgan fingerprint density at radius 1 is 1.33 bits per heavy atom. The Morgan fingerprint density at radius 3 is 2.48 bits per heavy atom. The van der Waals surface area contributed by atoms with E-state index in [4.69, 9.17) is 11.6 Å². The number of rotatable bonds is 5. The first-order valence-corrected chi connectivity index (χ1v) is 6.87. The van der Waals surface area contributed by atoms with Crippen LogP contribution in [0.1, 0.15) is 17.4 Å². The van der Waals surface area contributed by atoms with E-state index >= 15 is 0 Å². The lowest BCUT2D eigenvalue weighted by atomic mass is 10.1. The zero-order valence-electron chi connectivity index (χ0n) is 11.9. The van der Waals surface area contributed by atoms with Crippen LogP contribution in [0.15, 0.2) is 30.5 Å². The Balaban J connectivity index is 2.05. The van der Waals surface area contributed by atoms with Gasteiger partial charge in [0.2, 0.25) is 0 Å². The molecule has 1 aromatic heterocycles. The smallest absolute Gasteiger partial charge is 0.131 e. The minimum Gasteiger partial charge on any atom is -0.387 e. The Labute approximate surface area is 127 Å². The van der Waals surface area contributed by atoms with Crippen LogP contribution in [0.5, 0.6) is 0 Å². The fraction of sp³-hybridized carbons (Fsp3) is 0.333. The normalized spacial score (nSPS) is 12.9. The number of hydrogen-bond donors (Lipinski definition) is 1. The predicted octanol–water partition coefficient (Wildman–Crippen LogP) is 3.12. The van der Waals surface area contributed by atoms with Crippen LogP contribution in [-0.2, 0) is 13.6 Å². The highest BCUT2D eigenvalue weighted by Gasteiger charge is 2.19. The highest BCUT2D eigenvalue weighted by Crippen LogP contribution is 2.22. The molecule has 0 saturated carbocycles.